The average Bonchev–Trinajstić information content (AvgIpc) is 2.53. The van der Waals surface area contributed by atoms with E-state index in [4.69, 9.17) is 14.2 Å². The molecule has 2 N–H and O–H groups in total. The Bertz CT molecular complexity index is 471. The number of hydrogen-bond donors (Lipinski definition) is 2. The van der Waals surface area contributed by atoms with Crippen molar-refractivity contribution >= 4 is 5.91 Å². The lowest BCUT2D eigenvalue weighted by molar-refractivity contribution is -0.124. The first-order valence-corrected chi connectivity index (χ1v) is 7.00. The molecular formula is C15H21NO5. The number of rotatable bonds is 6. The summed E-state index contributed by atoms with van der Waals surface area (Å²) in [5.41, 5.74) is 0.620. The quantitative estimate of drug-likeness (QED) is 0.814. The van der Waals surface area contributed by atoms with Gasteiger partial charge in [-0.1, -0.05) is 0 Å². The maximum absolute atomic E-state index is 11.9. The molecule has 6 nitrogen and oxygen atoms in total. The number of hydrogen-bond acceptors (Lipinski definition) is 5. The third kappa shape index (κ3) is 4.61. The number of benzene rings is 1. The molecule has 6 heteroatoms. The smallest absolute Gasteiger partial charge is 0.258 e. The molecule has 21 heavy (non-hydrogen) atoms. The molecule has 0 aromatic heterocycles. The van der Waals surface area contributed by atoms with Gasteiger partial charge in [-0.3, -0.25) is 4.79 Å². The number of nitrogens with one attached hydrogen (secondary N) is 1. The minimum absolute atomic E-state index is 0.0858. The fourth-order valence-corrected chi connectivity index (χ4v) is 2.18. The number of carbonyl (C=O) groups is 1. The Kier molecular flexibility index (Phi) is 5.83. The van der Waals surface area contributed by atoms with Crippen molar-refractivity contribution in [3.8, 4) is 11.5 Å². The summed E-state index contributed by atoms with van der Waals surface area (Å²) in [6.07, 6.45) is 1.65. The maximum Gasteiger partial charge on any atom is 0.258 e. The van der Waals surface area contributed by atoms with Crippen LogP contribution in [0.1, 0.15) is 18.4 Å². The molecule has 116 valence electrons. The van der Waals surface area contributed by atoms with Gasteiger partial charge in [-0.15, -0.1) is 0 Å². The normalized spacial score (nSPS) is 15.5. The number of aliphatic hydroxyl groups excluding tert-OH is 1. The van der Waals surface area contributed by atoms with Crippen molar-refractivity contribution in [3.05, 3.63) is 23.8 Å². The van der Waals surface area contributed by atoms with Crippen LogP contribution in [-0.4, -0.2) is 44.0 Å². The van der Waals surface area contributed by atoms with Gasteiger partial charge in [-0.05, 0) is 25.0 Å². The van der Waals surface area contributed by atoms with Crippen LogP contribution in [0, 0.1) is 0 Å². The summed E-state index contributed by atoms with van der Waals surface area (Å²) >= 11 is 0. The summed E-state index contributed by atoms with van der Waals surface area (Å²) in [6.45, 7) is 1.12. The summed E-state index contributed by atoms with van der Waals surface area (Å²) in [5, 5.41) is 12.2. The Labute approximate surface area is 124 Å². The molecular weight excluding hydrogens is 274 g/mol. The van der Waals surface area contributed by atoms with E-state index in [1.54, 1.807) is 25.3 Å². The lowest BCUT2D eigenvalue weighted by atomic mass is 10.1. The van der Waals surface area contributed by atoms with Crippen molar-refractivity contribution in [1.29, 1.82) is 0 Å². The summed E-state index contributed by atoms with van der Waals surface area (Å²) in [6, 6.07) is 5.26. The highest BCUT2D eigenvalue weighted by molar-refractivity contribution is 5.77. The van der Waals surface area contributed by atoms with Crippen molar-refractivity contribution in [1.82, 2.24) is 5.32 Å². The van der Waals surface area contributed by atoms with Crippen LogP contribution in [0.25, 0.3) is 0 Å². The molecule has 0 atom stereocenters. The van der Waals surface area contributed by atoms with Gasteiger partial charge in [0.15, 0.2) is 6.61 Å². The number of methoxy groups -OCH3 is 1. The van der Waals surface area contributed by atoms with Crippen LogP contribution < -0.4 is 14.8 Å². The summed E-state index contributed by atoms with van der Waals surface area (Å²) in [4.78, 5) is 11.9. The van der Waals surface area contributed by atoms with Gasteiger partial charge in [0.25, 0.3) is 5.91 Å². The Hall–Kier alpha value is -1.79. The number of ether oxygens (including phenoxy) is 3. The van der Waals surface area contributed by atoms with E-state index in [0.29, 0.717) is 30.3 Å². The zero-order valence-corrected chi connectivity index (χ0v) is 12.1. The van der Waals surface area contributed by atoms with E-state index in [2.05, 4.69) is 5.32 Å². The molecule has 1 aromatic carbocycles. The van der Waals surface area contributed by atoms with E-state index in [0.717, 1.165) is 12.8 Å². The lowest BCUT2D eigenvalue weighted by Gasteiger charge is -2.23. The van der Waals surface area contributed by atoms with Crippen molar-refractivity contribution in [3.63, 3.8) is 0 Å². The molecule has 0 unspecified atom stereocenters. The minimum Gasteiger partial charge on any atom is -0.497 e. The molecule has 1 aliphatic rings. The number of carbonyl (C=O) groups excluding carboxylic acids is 1. The largest absolute Gasteiger partial charge is 0.497 e. The summed E-state index contributed by atoms with van der Waals surface area (Å²) in [7, 11) is 1.55. The maximum atomic E-state index is 11.9. The van der Waals surface area contributed by atoms with Crippen LogP contribution in [-0.2, 0) is 16.1 Å². The van der Waals surface area contributed by atoms with Gasteiger partial charge in [0.2, 0.25) is 0 Å². The number of amides is 1. The summed E-state index contributed by atoms with van der Waals surface area (Å²) in [5.74, 6) is 0.902. The molecule has 0 aliphatic carbocycles. The second kappa shape index (κ2) is 7.85. The molecule has 0 bridgehead atoms. The average molecular weight is 295 g/mol. The Morgan fingerprint density at radius 1 is 1.43 bits per heavy atom. The standard InChI is InChI=1S/C15H21NO5/c1-19-13-3-2-11(9-17)14(8-13)21-10-15(18)16-12-4-6-20-7-5-12/h2-3,8,12,17H,4-7,9-10H2,1H3,(H,16,18). The Morgan fingerprint density at radius 3 is 2.86 bits per heavy atom. The van der Waals surface area contributed by atoms with E-state index in [-0.39, 0.29) is 25.2 Å². The second-order valence-electron chi connectivity index (χ2n) is 4.87. The second-order valence-corrected chi connectivity index (χ2v) is 4.87. The minimum atomic E-state index is -0.173. The van der Waals surface area contributed by atoms with Crippen molar-refractivity contribution in [2.75, 3.05) is 26.9 Å². The van der Waals surface area contributed by atoms with E-state index >= 15 is 0 Å². The van der Waals surface area contributed by atoms with Gasteiger partial charge < -0.3 is 24.6 Å². The molecule has 1 fully saturated rings. The van der Waals surface area contributed by atoms with E-state index in [9.17, 15) is 9.90 Å². The predicted octanol–water partition coefficient (Wildman–Crippen LogP) is 0.861. The third-order valence-corrected chi connectivity index (χ3v) is 3.39. The zero-order valence-electron chi connectivity index (χ0n) is 12.1. The summed E-state index contributed by atoms with van der Waals surface area (Å²) < 4.78 is 15.8. The van der Waals surface area contributed by atoms with Crippen LogP contribution in [0.3, 0.4) is 0 Å². The molecule has 1 aliphatic heterocycles. The number of aliphatic hydroxyl groups is 1. The van der Waals surface area contributed by atoms with Gasteiger partial charge in [0.05, 0.1) is 13.7 Å². The molecule has 1 aromatic rings. The molecule has 0 radical (unpaired) electrons. The Morgan fingerprint density at radius 2 is 2.19 bits per heavy atom. The first-order valence-electron chi connectivity index (χ1n) is 7.00. The predicted molar refractivity (Wildman–Crippen MR) is 76.4 cm³/mol. The van der Waals surface area contributed by atoms with Crippen LogP contribution >= 0.6 is 0 Å². The van der Waals surface area contributed by atoms with Crippen LogP contribution in [0.2, 0.25) is 0 Å². The van der Waals surface area contributed by atoms with Crippen LogP contribution in [0.4, 0.5) is 0 Å². The molecule has 1 amide bonds. The molecule has 0 saturated carbocycles. The van der Waals surface area contributed by atoms with E-state index in [1.165, 1.54) is 0 Å². The SMILES string of the molecule is COc1ccc(CO)c(OCC(=O)NC2CCOCC2)c1. The van der Waals surface area contributed by atoms with Gasteiger partial charge in [-0.25, -0.2) is 0 Å². The van der Waals surface area contributed by atoms with Gasteiger partial charge in [0, 0.05) is 30.9 Å². The highest BCUT2D eigenvalue weighted by Gasteiger charge is 2.16. The van der Waals surface area contributed by atoms with Crippen LogP contribution in [0.15, 0.2) is 18.2 Å². The highest BCUT2D eigenvalue weighted by Crippen LogP contribution is 2.24. The fourth-order valence-electron chi connectivity index (χ4n) is 2.18. The van der Waals surface area contributed by atoms with Gasteiger partial charge >= 0.3 is 0 Å². The molecule has 1 saturated heterocycles. The van der Waals surface area contributed by atoms with Gasteiger partial charge in [0.1, 0.15) is 11.5 Å². The fraction of sp³-hybridized carbons (Fsp3) is 0.533. The first kappa shape index (κ1) is 15.6. The van der Waals surface area contributed by atoms with E-state index in [1.807, 2.05) is 0 Å². The van der Waals surface area contributed by atoms with Crippen molar-refractivity contribution < 1.29 is 24.1 Å². The highest BCUT2D eigenvalue weighted by atomic mass is 16.5. The van der Waals surface area contributed by atoms with Crippen molar-refractivity contribution in [2.24, 2.45) is 0 Å². The van der Waals surface area contributed by atoms with Crippen molar-refractivity contribution in [2.45, 2.75) is 25.5 Å². The zero-order chi connectivity index (χ0) is 15.1. The molecule has 1 heterocycles. The lowest BCUT2D eigenvalue weighted by Crippen LogP contribution is -2.41. The Balaban J connectivity index is 1.87. The topological polar surface area (TPSA) is 77.0 Å². The molecule has 0 spiro atoms. The van der Waals surface area contributed by atoms with E-state index < -0.39 is 0 Å². The molecule has 2 rings (SSSR count). The monoisotopic (exact) mass is 295 g/mol. The third-order valence-electron chi connectivity index (χ3n) is 3.39. The van der Waals surface area contributed by atoms with Gasteiger partial charge in [-0.2, -0.15) is 0 Å². The first-order chi connectivity index (χ1) is 10.2. The van der Waals surface area contributed by atoms with Crippen LogP contribution in [0.5, 0.6) is 11.5 Å².